The zero-order chi connectivity index (χ0) is 21.3. The Hall–Kier alpha value is -2.00. The molecule has 0 radical (unpaired) electrons. The van der Waals surface area contributed by atoms with Crippen molar-refractivity contribution in [3.63, 3.8) is 0 Å². The zero-order valence-electron chi connectivity index (χ0n) is 17.4. The minimum Gasteiger partial charge on any atom is -0.484 e. The Morgan fingerprint density at radius 2 is 1.79 bits per heavy atom. The molecule has 1 atom stereocenters. The molecule has 0 saturated carbocycles. The lowest BCUT2D eigenvalue weighted by atomic mass is 10.2. The van der Waals surface area contributed by atoms with Crippen molar-refractivity contribution in [2.24, 2.45) is 4.99 Å². The lowest BCUT2D eigenvalue weighted by molar-refractivity contribution is -0.153. The topological polar surface area (TPSA) is 52.1 Å². The Labute approximate surface area is 171 Å². The Morgan fingerprint density at radius 3 is 2.34 bits per heavy atom. The van der Waals surface area contributed by atoms with E-state index in [1.807, 2.05) is 0 Å². The van der Waals surface area contributed by atoms with Crippen molar-refractivity contribution >= 4 is 5.96 Å². The first kappa shape index (κ1) is 23.3. The summed E-state index contributed by atoms with van der Waals surface area (Å²) in [5.41, 5.74) is 0.927. The van der Waals surface area contributed by atoms with E-state index in [0.717, 1.165) is 44.8 Å². The Bertz CT molecular complexity index is 628. The van der Waals surface area contributed by atoms with Gasteiger partial charge >= 0.3 is 6.18 Å². The highest BCUT2D eigenvalue weighted by molar-refractivity contribution is 5.79. The van der Waals surface area contributed by atoms with Gasteiger partial charge in [-0.2, -0.15) is 13.2 Å². The van der Waals surface area contributed by atoms with Gasteiger partial charge in [0.15, 0.2) is 12.6 Å². The molecular weight excluding hydrogens is 383 g/mol. The SMILES string of the molecule is CCN1CCN(C(C)CNC(=NC)NCc2ccc(OCC(F)(F)F)cc2)CC1. The number of benzene rings is 1. The Kier molecular flexibility index (Phi) is 9.03. The molecule has 1 aromatic rings. The van der Waals surface area contributed by atoms with Gasteiger partial charge in [0.25, 0.3) is 0 Å². The summed E-state index contributed by atoms with van der Waals surface area (Å²) in [7, 11) is 1.72. The second kappa shape index (κ2) is 11.3. The van der Waals surface area contributed by atoms with E-state index < -0.39 is 12.8 Å². The third-order valence-electron chi connectivity index (χ3n) is 5.05. The first-order valence-electron chi connectivity index (χ1n) is 10.00. The van der Waals surface area contributed by atoms with E-state index in [2.05, 4.69) is 39.3 Å². The molecule has 1 heterocycles. The van der Waals surface area contributed by atoms with Crippen LogP contribution in [-0.2, 0) is 6.54 Å². The number of guanidine groups is 1. The molecule has 2 rings (SSSR count). The predicted octanol–water partition coefficient (Wildman–Crippen LogP) is 2.32. The molecule has 29 heavy (non-hydrogen) atoms. The van der Waals surface area contributed by atoms with Crippen LogP contribution in [0.4, 0.5) is 13.2 Å². The molecule has 1 aliphatic heterocycles. The molecule has 1 aromatic carbocycles. The molecule has 1 fully saturated rings. The van der Waals surface area contributed by atoms with Gasteiger partial charge in [-0.3, -0.25) is 9.89 Å². The minimum absolute atomic E-state index is 0.200. The summed E-state index contributed by atoms with van der Waals surface area (Å²) in [4.78, 5) is 9.17. The first-order chi connectivity index (χ1) is 13.8. The van der Waals surface area contributed by atoms with Crippen LogP contribution in [0.5, 0.6) is 5.75 Å². The third kappa shape index (κ3) is 8.49. The molecule has 0 aliphatic carbocycles. The number of alkyl halides is 3. The van der Waals surface area contributed by atoms with E-state index in [0.29, 0.717) is 18.5 Å². The maximum Gasteiger partial charge on any atom is 0.422 e. The predicted molar refractivity (Wildman–Crippen MR) is 109 cm³/mol. The van der Waals surface area contributed by atoms with E-state index >= 15 is 0 Å². The summed E-state index contributed by atoms with van der Waals surface area (Å²) >= 11 is 0. The number of piperazine rings is 1. The van der Waals surface area contributed by atoms with Crippen LogP contribution in [-0.4, -0.2) is 80.9 Å². The van der Waals surface area contributed by atoms with Crippen molar-refractivity contribution in [1.29, 1.82) is 0 Å². The molecule has 1 unspecified atom stereocenters. The summed E-state index contributed by atoms with van der Waals surface area (Å²) < 4.78 is 41.3. The van der Waals surface area contributed by atoms with Crippen LogP contribution in [0.2, 0.25) is 0 Å². The fourth-order valence-corrected chi connectivity index (χ4v) is 3.17. The zero-order valence-corrected chi connectivity index (χ0v) is 17.4. The second-order valence-corrected chi connectivity index (χ2v) is 7.17. The molecule has 0 bridgehead atoms. The average molecular weight is 416 g/mol. The summed E-state index contributed by atoms with van der Waals surface area (Å²) in [6.07, 6.45) is -4.33. The van der Waals surface area contributed by atoms with Crippen LogP contribution >= 0.6 is 0 Å². The number of nitrogens with zero attached hydrogens (tertiary/aromatic N) is 3. The molecular formula is C20H32F3N5O. The van der Waals surface area contributed by atoms with E-state index in [9.17, 15) is 13.2 Å². The molecule has 0 amide bonds. The fourth-order valence-electron chi connectivity index (χ4n) is 3.17. The van der Waals surface area contributed by atoms with Crippen molar-refractivity contribution in [3.8, 4) is 5.75 Å². The van der Waals surface area contributed by atoms with Crippen molar-refractivity contribution in [2.45, 2.75) is 32.6 Å². The van der Waals surface area contributed by atoms with Gasteiger partial charge in [-0.25, -0.2) is 0 Å². The number of rotatable bonds is 8. The highest BCUT2D eigenvalue weighted by Crippen LogP contribution is 2.18. The monoisotopic (exact) mass is 415 g/mol. The van der Waals surface area contributed by atoms with Gasteiger partial charge in [-0.1, -0.05) is 19.1 Å². The van der Waals surface area contributed by atoms with Gasteiger partial charge in [-0.05, 0) is 31.2 Å². The van der Waals surface area contributed by atoms with Crippen LogP contribution in [0.1, 0.15) is 19.4 Å². The number of hydrogen-bond donors (Lipinski definition) is 2. The van der Waals surface area contributed by atoms with Crippen molar-refractivity contribution in [3.05, 3.63) is 29.8 Å². The molecule has 164 valence electrons. The van der Waals surface area contributed by atoms with Crippen LogP contribution in [0.25, 0.3) is 0 Å². The third-order valence-corrected chi connectivity index (χ3v) is 5.05. The second-order valence-electron chi connectivity index (χ2n) is 7.17. The van der Waals surface area contributed by atoms with E-state index in [-0.39, 0.29) is 5.75 Å². The summed E-state index contributed by atoms with van der Waals surface area (Å²) in [6, 6.07) is 6.95. The van der Waals surface area contributed by atoms with E-state index in [1.54, 1.807) is 19.2 Å². The highest BCUT2D eigenvalue weighted by Gasteiger charge is 2.28. The highest BCUT2D eigenvalue weighted by atomic mass is 19.4. The molecule has 6 nitrogen and oxygen atoms in total. The number of ether oxygens (including phenoxy) is 1. The maximum atomic E-state index is 12.2. The quantitative estimate of drug-likeness (QED) is 0.504. The van der Waals surface area contributed by atoms with Crippen molar-refractivity contribution in [1.82, 2.24) is 20.4 Å². The van der Waals surface area contributed by atoms with Crippen LogP contribution in [0.3, 0.4) is 0 Å². The van der Waals surface area contributed by atoms with Gasteiger partial charge in [0.2, 0.25) is 0 Å². The van der Waals surface area contributed by atoms with Gasteiger partial charge in [0.1, 0.15) is 5.75 Å². The summed E-state index contributed by atoms with van der Waals surface area (Å²) in [5, 5.41) is 6.57. The van der Waals surface area contributed by atoms with Gasteiger partial charge < -0.3 is 20.3 Å². The van der Waals surface area contributed by atoms with Crippen LogP contribution in [0, 0.1) is 0 Å². The van der Waals surface area contributed by atoms with Crippen molar-refractivity contribution in [2.75, 3.05) is 52.9 Å². The Balaban J connectivity index is 1.72. The lowest BCUT2D eigenvalue weighted by Gasteiger charge is -2.37. The number of hydrogen-bond acceptors (Lipinski definition) is 4. The van der Waals surface area contributed by atoms with Crippen molar-refractivity contribution < 1.29 is 17.9 Å². The normalized spacial score (nSPS) is 17.8. The average Bonchev–Trinajstić information content (AvgIpc) is 2.72. The van der Waals surface area contributed by atoms with Gasteiger partial charge in [0.05, 0.1) is 0 Å². The molecule has 0 aromatic heterocycles. The van der Waals surface area contributed by atoms with Gasteiger partial charge in [-0.15, -0.1) is 0 Å². The van der Waals surface area contributed by atoms with Crippen LogP contribution < -0.4 is 15.4 Å². The molecule has 9 heteroatoms. The first-order valence-corrected chi connectivity index (χ1v) is 10.00. The minimum atomic E-state index is -4.33. The molecule has 0 spiro atoms. The summed E-state index contributed by atoms with van der Waals surface area (Å²) in [6.45, 7) is 9.89. The maximum absolute atomic E-state index is 12.2. The molecule has 2 N–H and O–H groups in total. The van der Waals surface area contributed by atoms with Crippen LogP contribution in [0.15, 0.2) is 29.3 Å². The molecule has 1 aliphatic rings. The molecule has 1 saturated heterocycles. The standard InChI is InChI=1S/C20H32F3N5O/c1-4-27-9-11-28(12-10-27)16(2)13-25-19(24-3)26-14-17-5-7-18(8-6-17)29-15-20(21,22)23/h5-8,16H,4,9-15H2,1-3H3,(H2,24,25,26). The largest absolute Gasteiger partial charge is 0.484 e. The lowest BCUT2D eigenvalue weighted by Crippen LogP contribution is -2.53. The number of halogens is 3. The van der Waals surface area contributed by atoms with E-state index in [4.69, 9.17) is 4.74 Å². The Morgan fingerprint density at radius 1 is 1.14 bits per heavy atom. The number of aliphatic imine (C=N–C) groups is 1. The fraction of sp³-hybridized carbons (Fsp3) is 0.650. The number of nitrogens with one attached hydrogen (secondary N) is 2. The summed E-state index contributed by atoms with van der Waals surface area (Å²) in [5.74, 6) is 0.895. The van der Waals surface area contributed by atoms with E-state index in [1.165, 1.54) is 12.1 Å². The van der Waals surface area contributed by atoms with Gasteiger partial charge in [0, 0.05) is 52.4 Å². The smallest absolute Gasteiger partial charge is 0.422 e. The number of likely N-dealkylation sites (N-methyl/N-ethyl adjacent to an activating group) is 1.